The molecule has 0 bridgehead atoms. The number of carbonyl (C=O) groups is 1. The highest BCUT2D eigenvalue weighted by Gasteiger charge is 2.37. The minimum atomic E-state index is -2.94. The number of rotatable bonds is 2. The molecule has 2 aliphatic carbocycles. The first-order valence-electron chi connectivity index (χ1n) is 5.85. The maximum Gasteiger partial charge on any atom is 0.156 e. The molecule has 2 fully saturated rings. The lowest BCUT2D eigenvalue weighted by Gasteiger charge is -2.24. The zero-order valence-electron chi connectivity index (χ0n) is 8.94. The van der Waals surface area contributed by atoms with E-state index in [1.165, 1.54) is 0 Å². The Balaban J connectivity index is 2.05. The van der Waals surface area contributed by atoms with Crippen molar-refractivity contribution in [3.05, 3.63) is 0 Å². The van der Waals surface area contributed by atoms with Crippen molar-refractivity contribution >= 4 is 15.6 Å². The fourth-order valence-corrected chi connectivity index (χ4v) is 5.16. The van der Waals surface area contributed by atoms with Crippen LogP contribution in [0.1, 0.15) is 51.4 Å². The van der Waals surface area contributed by atoms with Gasteiger partial charge in [0.1, 0.15) is 5.78 Å². The second-order valence-corrected chi connectivity index (χ2v) is 7.24. The average molecular weight is 230 g/mol. The fourth-order valence-electron chi connectivity index (χ4n) is 2.73. The third kappa shape index (κ3) is 2.25. The Kier molecular flexibility index (Phi) is 3.14. The van der Waals surface area contributed by atoms with E-state index in [1.807, 2.05) is 0 Å². The van der Waals surface area contributed by atoms with Crippen molar-refractivity contribution < 1.29 is 13.2 Å². The summed E-state index contributed by atoms with van der Waals surface area (Å²) < 4.78 is 24.4. The number of sulfone groups is 1. The molecule has 2 rings (SSSR count). The Morgan fingerprint density at radius 1 is 0.867 bits per heavy atom. The highest BCUT2D eigenvalue weighted by Crippen LogP contribution is 2.32. The van der Waals surface area contributed by atoms with Gasteiger partial charge in [0, 0.05) is 12.8 Å². The molecule has 0 spiro atoms. The van der Waals surface area contributed by atoms with E-state index in [2.05, 4.69) is 0 Å². The quantitative estimate of drug-likeness (QED) is 0.727. The molecular formula is C11H18O3S. The summed E-state index contributed by atoms with van der Waals surface area (Å²) >= 11 is 0. The van der Waals surface area contributed by atoms with Gasteiger partial charge in [-0.25, -0.2) is 8.42 Å². The number of Topliss-reactive ketones (excluding diaryl/α,β-unsaturated/α-hetero) is 1. The third-order valence-corrected chi connectivity index (χ3v) is 6.52. The van der Waals surface area contributed by atoms with Crippen LogP contribution in [0.2, 0.25) is 0 Å². The van der Waals surface area contributed by atoms with E-state index in [4.69, 9.17) is 0 Å². The first-order chi connectivity index (χ1) is 7.10. The molecule has 86 valence electrons. The van der Waals surface area contributed by atoms with Crippen LogP contribution in [-0.4, -0.2) is 24.7 Å². The largest absolute Gasteiger partial charge is 0.300 e. The van der Waals surface area contributed by atoms with Gasteiger partial charge >= 0.3 is 0 Å². The first-order valence-corrected chi connectivity index (χ1v) is 7.46. The van der Waals surface area contributed by atoms with Gasteiger partial charge in [0.15, 0.2) is 9.84 Å². The molecule has 0 saturated heterocycles. The second kappa shape index (κ2) is 4.24. The van der Waals surface area contributed by atoms with E-state index in [0.717, 1.165) is 25.7 Å². The summed E-state index contributed by atoms with van der Waals surface area (Å²) in [7, 11) is -2.94. The topological polar surface area (TPSA) is 51.2 Å². The number of carbonyl (C=O) groups excluding carboxylic acids is 1. The summed E-state index contributed by atoms with van der Waals surface area (Å²) in [6.07, 6.45) is 5.85. The zero-order chi connectivity index (χ0) is 10.9. The Bertz CT molecular complexity index is 329. The molecule has 0 N–H and O–H groups in total. The second-order valence-electron chi connectivity index (χ2n) is 4.73. The molecule has 0 aromatic heterocycles. The molecule has 3 nitrogen and oxygen atoms in total. The fraction of sp³-hybridized carbons (Fsp3) is 0.909. The predicted molar refractivity (Wildman–Crippen MR) is 58.4 cm³/mol. The summed E-state index contributed by atoms with van der Waals surface area (Å²) in [5.74, 6) is 0.230. The van der Waals surface area contributed by atoms with E-state index < -0.39 is 9.84 Å². The lowest BCUT2D eigenvalue weighted by atomic mass is 9.99. The molecule has 0 heterocycles. The molecule has 15 heavy (non-hydrogen) atoms. The molecule has 0 aromatic rings. The number of hydrogen-bond acceptors (Lipinski definition) is 3. The van der Waals surface area contributed by atoms with Crippen molar-refractivity contribution in [3.63, 3.8) is 0 Å². The van der Waals surface area contributed by atoms with Crippen molar-refractivity contribution in [1.82, 2.24) is 0 Å². The standard InChI is InChI=1S/C11H18O3S/c12-9-5-7-11(8-6-9)15(13,14)10-3-1-2-4-10/h10-11H,1-8H2. The SMILES string of the molecule is O=C1CCC(S(=O)(=O)C2CCCC2)CC1. The lowest BCUT2D eigenvalue weighted by molar-refractivity contribution is -0.120. The van der Waals surface area contributed by atoms with Crippen molar-refractivity contribution in [1.29, 1.82) is 0 Å². The zero-order valence-corrected chi connectivity index (χ0v) is 9.76. The molecule has 0 aromatic carbocycles. The van der Waals surface area contributed by atoms with Gasteiger partial charge in [0.05, 0.1) is 10.5 Å². The summed E-state index contributed by atoms with van der Waals surface area (Å²) in [5, 5.41) is -0.325. The molecular weight excluding hydrogens is 212 g/mol. The van der Waals surface area contributed by atoms with Crippen molar-refractivity contribution in [2.45, 2.75) is 61.9 Å². The molecule has 0 unspecified atom stereocenters. The van der Waals surface area contributed by atoms with Gasteiger partial charge in [0.25, 0.3) is 0 Å². The molecule has 0 aliphatic heterocycles. The van der Waals surface area contributed by atoms with Gasteiger partial charge < -0.3 is 0 Å². The minimum Gasteiger partial charge on any atom is -0.300 e. The molecule has 0 amide bonds. The Hall–Kier alpha value is -0.380. The van der Waals surface area contributed by atoms with Crippen molar-refractivity contribution in [2.24, 2.45) is 0 Å². The Morgan fingerprint density at radius 2 is 1.33 bits per heavy atom. The van der Waals surface area contributed by atoms with Crippen LogP contribution in [0, 0.1) is 0 Å². The van der Waals surface area contributed by atoms with E-state index in [-0.39, 0.29) is 16.3 Å². The van der Waals surface area contributed by atoms with E-state index >= 15 is 0 Å². The van der Waals surface area contributed by atoms with Crippen LogP contribution in [0.4, 0.5) is 0 Å². The highest BCUT2D eigenvalue weighted by atomic mass is 32.2. The van der Waals surface area contributed by atoms with Crippen LogP contribution < -0.4 is 0 Å². The third-order valence-electron chi connectivity index (χ3n) is 3.72. The molecule has 2 aliphatic rings. The number of hydrogen-bond donors (Lipinski definition) is 0. The molecule has 2 saturated carbocycles. The lowest BCUT2D eigenvalue weighted by Crippen LogP contribution is -2.33. The van der Waals surface area contributed by atoms with Crippen LogP contribution in [0.25, 0.3) is 0 Å². The summed E-state index contributed by atoms with van der Waals surface area (Å²) in [6.45, 7) is 0. The highest BCUT2D eigenvalue weighted by molar-refractivity contribution is 7.92. The van der Waals surface area contributed by atoms with Crippen molar-refractivity contribution in [3.8, 4) is 0 Å². The van der Waals surface area contributed by atoms with E-state index in [9.17, 15) is 13.2 Å². The summed E-state index contributed by atoms with van der Waals surface area (Å²) in [4.78, 5) is 11.1. The van der Waals surface area contributed by atoms with Crippen molar-refractivity contribution in [2.75, 3.05) is 0 Å². The van der Waals surface area contributed by atoms with Gasteiger partial charge in [-0.2, -0.15) is 0 Å². The summed E-state index contributed by atoms with van der Waals surface area (Å²) in [6, 6.07) is 0. The minimum absolute atomic E-state index is 0.101. The monoisotopic (exact) mass is 230 g/mol. The van der Waals surface area contributed by atoms with Crippen LogP contribution >= 0.6 is 0 Å². The summed E-state index contributed by atoms with van der Waals surface area (Å²) in [5.41, 5.74) is 0. The van der Waals surface area contributed by atoms with Crippen LogP contribution in [-0.2, 0) is 14.6 Å². The van der Waals surface area contributed by atoms with E-state index in [1.54, 1.807) is 0 Å². The van der Waals surface area contributed by atoms with Gasteiger partial charge in [-0.05, 0) is 25.7 Å². The first kappa shape index (κ1) is 11.1. The van der Waals surface area contributed by atoms with Gasteiger partial charge in [0.2, 0.25) is 0 Å². The van der Waals surface area contributed by atoms with E-state index in [0.29, 0.717) is 25.7 Å². The van der Waals surface area contributed by atoms with Crippen LogP contribution in [0.5, 0.6) is 0 Å². The smallest absolute Gasteiger partial charge is 0.156 e. The van der Waals surface area contributed by atoms with Gasteiger partial charge in [-0.15, -0.1) is 0 Å². The maximum absolute atomic E-state index is 12.2. The molecule has 0 radical (unpaired) electrons. The Morgan fingerprint density at radius 3 is 1.87 bits per heavy atom. The average Bonchev–Trinajstić information content (AvgIpc) is 2.71. The predicted octanol–water partition coefficient (Wildman–Crippen LogP) is 1.86. The Labute approximate surface area is 91.2 Å². The normalized spacial score (nSPS) is 26.0. The molecule has 0 atom stereocenters. The number of ketones is 1. The van der Waals surface area contributed by atoms with Crippen LogP contribution in [0.15, 0.2) is 0 Å². The van der Waals surface area contributed by atoms with Gasteiger partial charge in [-0.3, -0.25) is 4.79 Å². The van der Waals surface area contributed by atoms with Crippen LogP contribution in [0.3, 0.4) is 0 Å². The van der Waals surface area contributed by atoms with Gasteiger partial charge in [-0.1, -0.05) is 12.8 Å². The molecule has 4 heteroatoms. The maximum atomic E-state index is 12.2.